The minimum absolute atomic E-state index is 0.296. The summed E-state index contributed by atoms with van der Waals surface area (Å²) in [7, 11) is 0. The zero-order valence-corrected chi connectivity index (χ0v) is 11.6. The second kappa shape index (κ2) is 4.94. The van der Waals surface area contributed by atoms with Crippen molar-refractivity contribution in [3.05, 3.63) is 63.9 Å². The van der Waals surface area contributed by atoms with E-state index in [0.29, 0.717) is 12.2 Å². The van der Waals surface area contributed by atoms with Crippen molar-refractivity contribution in [2.24, 2.45) is 0 Å². The molecule has 0 saturated carbocycles. The van der Waals surface area contributed by atoms with Gasteiger partial charge in [-0.2, -0.15) is 0 Å². The summed E-state index contributed by atoms with van der Waals surface area (Å²) in [6.45, 7) is 0. The molecule has 0 aromatic heterocycles. The van der Waals surface area contributed by atoms with Crippen molar-refractivity contribution in [1.82, 2.24) is 0 Å². The van der Waals surface area contributed by atoms with Crippen molar-refractivity contribution in [3.63, 3.8) is 0 Å². The largest absolute Gasteiger partial charge is 0.485 e. The molecule has 0 spiro atoms. The maximum Gasteiger partial charge on any atom is 0.127 e. The Morgan fingerprint density at radius 1 is 1.21 bits per heavy atom. The number of aliphatic hydroxyl groups excluding tert-OH is 1. The number of benzene rings is 2. The van der Waals surface area contributed by atoms with E-state index in [4.69, 9.17) is 4.74 Å². The van der Waals surface area contributed by atoms with Crippen LogP contribution in [0.4, 0.5) is 4.39 Å². The van der Waals surface area contributed by atoms with E-state index in [1.54, 1.807) is 6.07 Å². The first-order valence-corrected chi connectivity index (χ1v) is 6.82. The standard InChI is InChI=1S/C15H12BrFO2/c16-10-4-5-12-13(18)8-14(19-15(12)7-10)9-2-1-3-11(17)6-9/h1-7,13-14,18H,8H2/t13-,14?/m1/s1. The number of ether oxygens (including phenoxy) is 1. The highest BCUT2D eigenvalue weighted by atomic mass is 79.9. The van der Waals surface area contributed by atoms with Gasteiger partial charge in [0.15, 0.2) is 0 Å². The number of aliphatic hydroxyl groups is 1. The van der Waals surface area contributed by atoms with Gasteiger partial charge >= 0.3 is 0 Å². The van der Waals surface area contributed by atoms with Crippen molar-refractivity contribution in [2.45, 2.75) is 18.6 Å². The number of hydrogen-bond donors (Lipinski definition) is 1. The Bertz CT molecular complexity index is 615. The summed E-state index contributed by atoms with van der Waals surface area (Å²) in [5.74, 6) is 0.345. The van der Waals surface area contributed by atoms with Crippen molar-refractivity contribution in [3.8, 4) is 5.75 Å². The third-order valence-corrected chi connectivity index (χ3v) is 3.75. The second-order valence-electron chi connectivity index (χ2n) is 4.60. The molecule has 0 saturated heterocycles. The molecule has 2 aromatic carbocycles. The molecular weight excluding hydrogens is 311 g/mol. The second-order valence-corrected chi connectivity index (χ2v) is 5.51. The topological polar surface area (TPSA) is 29.5 Å². The van der Waals surface area contributed by atoms with Crippen LogP contribution in [0.1, 0.15) is 29.8 Å². The first-order chi connectivity index (χ1) is 9.13. The normalized spacial score (nSPS) is 21.6. The fraction of sp³-hybridized carbons (Fsp3) is 0.200. The van der Waals surface area contributed by atoms with Crippen molar-refractivity contribution in [1.29, 1.82) is 0 Å². The number of hydrogen-bond acceptors (Lipinski definition) is 2. The molecule has 0 radical (unpaired) electrons. The van der Waals surface area contributed by atoms with E-state index in [0.717, 1.165) is 15.6 Å². The van der Waals surface area contributed by atoms with Crippen LogP contribution < -0.4 is 4.74 Å². The Kier molecular flexibility index (Phi) is 3.29. The number of halogens is 2. The predicted molar refractivity (Wildman–Crippen MR) is 73.5 cm³/mol. The summed E-state index contributed by atoms with van der Waals surface area (Å²) in [5, 5.41) is 10.2. The minimum atomic E-state index is -0.592. The maximum absolute atomic E-state index is 13.3. The molecule has 2 nitrogen and oxygen atoms in total. The SMILES string of the molecule is O[C@@H]1CC(c2cccc(F)c2)Oc2cc(Br)ccc21. The Hall–Kier alpha value is -1.39. The molecular formula is C15H12BrFO2. The highest BCUT2D eigenvalue weighted by Crippen LogP contribution is 2.41. The van der Waals surface area contributed by atoms with Crippen LogP contribution in [0, 0.1) is 5.82 Å². The Labute approximate surface area is 119 Å². The lowest BCUT2D eigenvalue weighted by Gasteiger charge is -2.30. The molecule has 3 rings (SSSR count). The van der Waals surface area contributed by atoms with E-state index in [-0.39, 0.29) is 11.9 Å². The van der Waals surface area contributed by atoms with Crippen LogP contribution in [0.2, 0.25) is 0 Å². The van der Waals surface area contributed by atoms with Crippen LogP contribution in [-0.4, -0.2) is 5.11 Å². The summed E-state index contributed by atoms with van der Waals surface area (Å²) in [6.07, 6.45) is -0.490. The Morgan fingerprint density at radius 3 is 2.84 bits per heavy atom. The van der Waals surface area contributed by atoms with Gasteiger partial charge in [0.1, 0.15) is 17.7 Å². The zero-order chi connectivity index (χ0) is 13.4. The van der Waals surface area contributed by atoms with Gasteiger partial charge in [-0.3, -0.25) is 0 Å². The smallest absolute Gasteiger partial charge is 0.127 e. The van der Waals surface area contributed by atoms with Gasteiger partial charge < -0.3 is 9.84 Å². The van der Waals surface area contributed by atoms with Gasteiger partial charge in [-0.25, -0.2) is 4.39 Å². The first kappa shape index (κ1) is 12.6. The lowest BCUT2D eigenvalue weighted by Crippen LogP contribution is -2.19. The molecule has 1 N–H and O–H groups in total. The molecule has 0 aliphatic carbocycles. The monoisotopic (exact) mass is 322 g/mol. The van der Waals surface area contributed by atoms with Crippen LogP contribution in [0.15, 0.2) is 46.9 Å². The van der Waals surface area contributed by atoms with Crippen LogP contribution in [0.25, 0.3) is 0 Å². The molecule has 2 aromatic rings. The van der Waals surface area contributed by atoms with E-state index in [1.807, 2.05) is 24.3 Å². The maximum atomic E-state index is 13.3. The number of rotatable bonds is 1. The van der Waals surface area contributed by atoms with Gasteiger partial charge in [0.25, 0.3) is 0 Å². The average molecular weight is 323 g/mol. The third kappa shape index (κ3) is 2.51. The van der Waals surface area contributed by atoms with Crippen LogP contribution in [0.3, 0.4) is 0 Å². The molecule has 19 heavy (non-hydrogen) atoms. The lowest BCUT2D eigenvalue weighted by molar-refractivity contribution is 0.0655. The minimum Gasteiger partial charge on any atom is -0.485 e. The molecule has 4 heteroatoms. The van der Waals surface area contributed by atoms with Gasteiger partial charge in [0.05, 0.1) is 6.10 Å². The fourth-order valence-electron chi connectivity index (χ4n) is 2.33. The molecule has 0 bridgehead atoms. The van der Waals surface area contributed by atoms with E-state index in [2.05, 4.69) is 15.9 Å². The van der Waals surface area contributed by atoms with Crippen molar-refractivity contribution < 1.29 is 14.2 Å². The number of fused-ring (bicyclic) bond motifs is 1. The molecule has 0 fully saturated rings. The van der Waals surface area contributed by atoms with Crippen molar-refractivity contribution in [2.75, 3.05) is 0 Å². The van der Waals surface area contributed by atoms with Gasteiger partial charge in [0.2, 0.25) is 0 Å². The molecule has 1 aliphatic rings. The highest BCUT2D eigenvalue weighted by Gasteiger charge is 2.28. The molecule has 0 amide bonds. The van der Waals surface area contributed by atoms with E-state index >= 15 is 0 Å². The first-order valence-electron chi connectivity index (χ1n) is 6.03. The van der Waals surface area contributed by atoms with Gasteiger partial charge in [0, 0.05) is 16.5 Å². The van der Waals surface area contributed by atoms with E-state index < -0.39 is 6.10 Å². The van der Waals surface area contributed by atoms with Gasteiger partial charge in [-0.1, -0.05) is 34.1 Å². The molecule has 1 unspecified atom stereocenters. The van der Waals surface area contributed by atoms with Crippen LogP contribution in [0.5, 0.6) is 5.75 Å². The summed E-state index contributed by atoms with van der Waals surface area (Å²) < 4.78 is 20.0. The van der Waals surface area contributed by atoms with E-state index in [1.165, 1.54) is 12.1 Å². The predicted octanol–water partition coefficient (Wildman–Crippen LogP) is 4.15. The van der Waals surface area contributed by atoms with Gasteiger partial charge in [-0.15, -0.1) is 0 Å². The van der Waals surface area contributed by atoms with Crippen molar-refractivity contribution >= 4 is 15.9 Å². The quantitative estimate of drug-likeness (QED) is 0.854. The summed E-state index contributed by atoms with van der Waals surface area (Å²) in [4.78, 5) is 0. The Morgan fingerprint density at radius 2 is 2.05 bits per heavy atom. The third-order valence-electron chi connectivity index (χ3n) is 3.26. The molecule has 1 heterocycles. The average Bonchev–Trinajstić information content (AvgIpc) is 2.38. The zero-order valence-electron chi connectivity index (χ0n) is 10.0. The Balaban J connectivity index is 1.96. The molecule has 98 valence electrons. The highest BCUT2D eigenvalue weighted by molar-refractivity contribution is 9.10. The summed E-state index contributed by atoms with van der Waals surface area (Å²) in [6, 6.07) is 11.8. The lowest BCUT2D eigenvalue weighted by atomic mass is 9.95. The van der Waals surface area contributed by atoms with Crippen LogP contribution >= 0.6 is 15.9 Å². The van der Waals surface area contributed by atoms with E-state index in [9.17, 15) is 9.50 Å². The molecule has 2 atom stereocenters. The fourth-order valence-corrected chi connectivity index (χ4v) is 2.67. The summed E-state index contributed by atoms with van der Waals surface area (Å²) >= 11 is 3.38. The van der Waals surface area contributed by atoms with Gasteiger partial charge in [-0.05, 0) is 29.8 Å². The van der Waals surface area contributed by atoms with Crippen LogP contribution in [-0.2, 0) is 0 Å². The summed E-state index contributed by atoms with van der Waals surface area (Å²) in [5.41, 5.74) is 1.51. The molecule has 1 aliphatic heterocycles.